The zero-order valence-corrected chi connectivity index (χ0v) is 13.3. The average Bonchev–Trinajstić information content (AvgIpc) is 2.49. The third-order valence-electron chi connectivity index (χ3n) is 2.78. The Kier molecular flexibility index (Phi) is 8.17. The van der Waals surface area contributed by atoms with Crippen molar-refractivity contribution in [2.45, 2.75) is 13.8 Å². The number of hydrogen-bond donors (Lipinski definition) is 2. The van der Waals surface area contributed by atoms with E-state index in [0.717, 1.165) is 0 Å². The van der Waals surface area contributed by atoms with Gasteiger partial charge in [0.25, 0.3) is 5.91 Å². The molecule has 0 bridgehead atoms. The number of carbonyl (C=O) groups excluding carboxylic acids is 2. The van der Waals surface area contributed by atoms with E-state index < -0.39 is 0 Å². The fourth-order valence-electron chi connectivity index (χ4n) is 1.68. The molecule has 0 saturated heterocycles. The molecule has 1 aromatic rings. The topological polar surface area (TPSA) is 76.7 Å². The van der Waals surface area contributed by atoms with E-state index >= 15 is 0 Å². The van der Waals surface area contributed by atoms with Gasteiger partial charge < -0.3 is 20.1 Å². The summed E-state index contributed by atoms with van der Waals surface area (Å²) < 4.78 is 9.98. The van der Waals surface area contributed by atoms with Gasteiger partial charge in [-0.05, 0) is 18.1 Å². The van der Waals surface area contributed by atoms with Crippen molar-refractivity contribution >= 4 is 17.5 Å². The molecule has 0 aliphatic rings. The number of methoxy groups -OCH3 is 1. The number of para-hydroxylation sites is 1. The van der Waals surface area contributed by atoms with Gasteiger partial charge in [0.05, 0.1) is 24.5 Å². The van der Waals surface area contributed by atoms with Crippen LogP contribution in [0.15, 0.2) is 24.3 Å². The van der Waals surface area contributed by atoms with Crippen LogP contribution in [0.5, 0.6) is 0 Å². The lowest BCUT2D eigenvalue weighted by Gasteiger charge is -2.12. The quantitative estimate of drug-likeness (QED) is 0.680. The minimum Gasteiger partial charge on any atom is -0.382 e. The molecule has 0 aliphatic carbocycles. The Labute approximate surface area is 131 Å². The van der Waals surface area contributed by atoms with Crippen LogP contribution >= 0.6 is 0 Å². The summed E-state index contributed by atoms with van der Waals surface area (Å²) in [7, 11) is 1.56. The van der Waals surface area contributed by atoms with E-state index in [-0.39, 0.29) is 18.4 Å². The molecule has 0 radical (unpaired) electrons. The number of hydrogen-bond acceptors (Lipinski definition) is 4. The van der Waals surface area contributed by atoms with Gasteiger partial charge in [0.1, 0.15) is 6.61 Å². The SMILES string of the molecule is COCCOCC(=O)Nc1ccccc1C(=O)NCC(C)C. The van der Waals surface area contributed by atoms with Crippen LogP contribution in [-0.2, 0) is 14.3 Å². The van der Waals surface area contributed by atoms with Crippen LogP contribution in [0.2, 0.25) is 0 Å². The van der Waals surface area contributed by atoms with E-state index in [1.165, 1.54) is 0 Å². The summed E-state index contributed by atoms with van der Waals surface area (Å²) >= 11 is 0. The Morgan fingerprint density at radius 2 is 1.91 bits per heavy atom. The summed E-state index contributed by atoms with van der Waals surface area (Å²) in [4.78, 5) is 23.9. The van der Waals surface area contributed by atoms with Crippen molar-refractivity contribution in [1.82, 2.24) is 5.32 Å². The number of rotatable bonds is 9. The highest BCUT2D eigenvalue weighted by Gasteiger charge is 2.13. The number of nitrogens with one attached hydrogen (secondary N) is 2. The van der Waals surface area contributed by atoms with E-state index in [1.54, 1.807) is 31.4 Å². The summed E-state index contributed by atoms with van der Waals surface area (Å²) in [5.74, 6) is -0.148. The van der Waals surface area contributed by atoms with Crippen LogP contribution in [0.3, 0.4) is 0 Å². The Balaban J connectivity index is 2.59. The first kappa shape index (κ1) is 18.1. The molecule has 2 amide bonds. The third-order valence-corrected chi connectivity index (χ3v) is 2.78. The van der Waals surface area contributed by atoms with Crippen molar-refractivity contribution in [1.29, 1.82) is 0 Å². The number of benzene rings is 1. The lowest BCUT2D eigenvalue weighted by atomic mass is 10.1. The molecule has 2 N–H and O–H groups in total. The van der Waals surface area contributed by atoms with Crippen molar-refractivity contribution in [3.63, 3.8) is 0 Å². The second kappa shape index (κ2) is 9.92. The first-order chi connectivity index (χ1) is 10.5. The monoisotopic (exact) mass is 308 g/mol. The van der Waals surface area contributed by atoms with Gasteiger partial charge in [-0.2, -0.15) is 0 Å². The van der Waals surface area contributed by atoms with Crippen LogP contribution in [0, 0.1) is 5.92 Å². The molecule has 0 spiro atoms. The first-order valence-electron chi connectivity index (χ1n) is 7.28. The average molecular weight is 308 g/mol. The highest BCUT2D eigenvalue weighted by Crippen LogP contribution is 2.15. The zero-order valence-electron chi connectivity index (χ0n) is 13.3. The van der Waals surface area contributed by atoms with Gasteiger partial charge in [0.15, 0.2) is 0 Å². The summed E-state index contributed by atoms with van der Waals surface area (Å²) in [6, 6.07) is 6.89. The summed E-state index contributed by atoms with van der Waals surface area (Å²) in [6.45, 7) is 5.32. The van der Waals surface area contributed by atoms with Gasteiger partial charge in [0, 0.05) is 13.7 Å². The molecule has 22 heavy (non-hydrogen) atoms. The van der Waals surface area contributed by atoms with E-state index in [4.69, 9.17) is 9.47 Å². The second-order valence-corrected chi connectivity index (χ2v) is 5.24. The minimum absolute atomic E-state index is 0.0781. The van der Waals surface area contributed by atoms with Crippen LogP contribution in [0.1, 0.15) is 24.2 Å². The zero-order chi connectivity index (χ0) is 16.4. The third kappa shape index (κ3) is 6.69. The maximum atomic E-state index is 12.1. The van der Waals surface area contributed by atoms with Crippen LogP contribution in [0.25, 0.3) is 0 Å². The fourth-order valence-corrected chi connectivity index (χ4v) is 1.68. The Morgan fingerprint density at radius 3 is 2.59 bits per heavy atom. The molecule has 0 aliphatic heterocycles. The molecular weight excluding hydrogens is 284 g/mol. The molecule has 6 heteroatoms. The van der Waals surface area contributed by atoms with Crippen molar-refractivity contribution in [2.24, 2.45) is 5.92 Å². The predicted octanol–water partition coefficient (Wildman–Crippen LogP) is 1.67. The molecule has 0 fully saturated rings. The Morgan fingerprint density at radius 1 is 1.18 bits per heavy atom. The lowest BCUT2D eigenvalue weighted by Crippen LogP contribution is -2.29. The van der Waals surface area contributed by atoms with Crippen molar-refractivity contribution in [3.8, 4) is 0 Å². The molecule has 0 saturated carbocycles. The van der Waals surface area contributed by atoms with Gasteiger partial charge in [-0.25, -0.2) is 0 Å². The Hall–Kier alpha value is -1.92. The molecule has 0 atom stereocenters. The van der Waals surface area contributed by atoms with Crippen molar-refractivity contribution in [2.75, 3.05) is 38.8 Å². The summed E-state index contributed by atoms with van der Waals surface area (Å²) in [5, 5.41) is 5.52. The van der Waals surface area contributed by atoms with E-state index in [0.29, 0.717) is 36.9 Å². The van der Waals surface area contributed by atoms with Gasteiger partial charge in [-0.3, -0.25) is 9.59 Å². The number of carbonyl (C=O) groups is 2. The van der Waals surface area contributed by atoms with Crippen molar-refractivity contribution < 1.29 is 19.1 Å². The smallest absolute Gasteiger partial charge is 0.253 e. The molecule has 0 heterocycles. The molecular formula is C16H24N2O4. The molecule has 0 aromatic heterocycles. The van der Waals surface area contributed by atoms with Gasteiger partial charge in [-0.15, -0.1) is 0 Å². The summed E-state index contributed by atoms with van der Waals surface area (Å²) in [5.41, 5.74) is 0.914. The van der Waals surface area contributed by atoms with Gasteiger partial charge in [0.2, 0.25) is 5.91 Å². The predicted molar refractivity (Wildman–Crippen MR) is 84.9 cm³/mol. The Bertz CT molecular complexity index is 489. The van der Waals surface area contributed by atoms with E-state index in [9.17, 15) is 9.59 Å². The van der Waals surface area contributed by atoms with Crippen molar-refractivity contribution in [3.05, 3.63) is 29.8 Å². The highest BCUT2D eigenvalue weighted by atomic mass is 16.5. The summed E-state index contributed by atoms with van der Waals surface area (Å²) in [6.07, 6.45) is 0. The molecule has 0 unspecified atom stereocenters. The van der Waals surface area contributed by atoms with Gasteiger partial charge >= 0.3 is 0 Å². The van der Waals surface area contributed by atoms with Crippen LogP contribution < -0.4 is 10.6 Å². The van der Waals surface area contributed by atoms with E-state index in [2.05, 4.69) is 10.6 Å². The normalized spacial score (nSPS) is 10.5. The fraction of sp³-hybridized carbons (Fsp3) is 0.500. The first-order valence-corrected chi connectivity index (χ1v) is 7.28. The van der Waals surface area contributed by atoms with Crippen LogP contribution in [0.4, 0.5) is 5.69 Å². The minimum atomic E-state index is -0.305. The maximum Gasteiger partial charge on any atom is 0.253 e. The molecule has 1 aromatic carbocycles. The van der Waals surface area contributed by atoms with E-state index in [1.807, 2.05) is 13.8 Å². The number of anilines is 1. The van der Waals surface area contributed by atoms with Gasteiger partial charge in [-0.1, -0.05) is 26.0 Å². The standard InChI is InChI=1S/C16H24N2O4/c1-12(2)10-17-16(20)13-6-4-5-7-14(13)18-15(19)11-22-9-8-21-3/h4-7,12H,8-11H2,1-3H3,(H,17,20)(H,18,19). The lowest BCUT2D eigenvalue weighted by molar-refractivity contribution is -0.121. The molecule has 122 valence electrons. The largest absolute Gasteiger partial charge is 0.382 e. The highest BCUT2D eigenvalue weighted by molar-refractivity contribution is 6.03. The molecule has 6 nitrogen and oxygen atoms in total. The molecule has 1 rings (SSSR count). The van der Waals surface area contributed by atoms with Crippen LogP contribution in [-0.4, -0.2) is 45.3 Å². The maximum absolute atomic E-state index is 12.1. The number of amides is 2. The second-order valence-electron chi connectivity index (χ2n) is 5.24. The number of ether oxygens (including phenoxy) is 2.